The fraction of sp³-hybridized carbons (Fsp3) is 0.133. The van der Waals surface area contributed by atoms with Crippen LogP contribution in [0.25, 0.3) is 5.65 Å². The van der Waals surface area contributed by atoms with Gasteiger partial charge >= 0.3 is 0 Å². The molecule has 0 fully saturated rings. The second-order valence-electron chi connectivity index (χ2n) is 4.54. The second-order valence-corrected chi connectivity index (χ2v) is 4.54. The molecule has 0 amide bonds. The third-order valence-electron chi connectivity index (χ3n) is 3.05. The molecule has 0 spiro atoms. The summed E-state index contributed by atoms with van der Waals surface area (Å²) >= 11 is 0. The predicted octanol–water partition coefficient (Wildman–Crippen LogP) is 2.50. The third kappa shape index (κ3) is 2.18. The first-order valence-electron chi connectivity index (χ1n) is 6.05. The molecule has 2 aromatic heterocycles. The molecule has 4 heteroatoms. The summed E-state index contributed by atoms with van der Waals surface area (Å²) in [5.74, 6) is 0.845. The molecule has 2 heterocycles. The van der Waals surface area contributed by atoms with E-state index >= 15 is 0 Å². The average molecular weight is 248 g/mol. The van der Waals surface area contributed by atoms with Gasteiger partial charge in [0.05, 0.1) is 5.56 Å². The van der Waals surface area contributed by atoms with Crippen LogP contribution in [0, 0.1) is 18.3 Å². The Balaban J connectivity index is 2.03. The van der Waals surface area contributed by atoms with Gasteiger partial charge in [-0.2, -0.15) is 5.26 Å². The van der Waals surface area contributed by atoms with Crippen LogP contribution < -0.4 is 0 Å². The molecule has 0 unspecified atom stereocenters. The number of aromatic nitrogens is 3. The zero-order valence-electron chi connectivity index (χ0n) is 10.5. The van der Waals surface area contributed by atoms with Crippen LogP contribution in [0.15, 0.2) is 42.6 Å². The molecule has 1 aromatic carbocycles. The standard InChI is InChI=1S/C15H12N4/c1-11-3-2-4-12(7-11)8-15-18-17-14-6-5-13(9-16)10-19(14)15/h2-7,10H,8H2,1H3. The van der Waals surface area contributed by atoms with Crippen molar-refractivity contribution in [2.24, 2.45) is 0 Å². The van der Waals surface area contributed by atoms with E-state index in [1.54, 1.807) is 12.3 Å². The van der Waals surface area contributed by atoms with Crippen LogP contribution in [0.5, 0.6) is 0 Å². The quantitative estimate of drug-likeness (QED) is 0.700. The molecular formula is C15H12N4. The number of hydrogen-bond donors (Lipinski definition) is 0. The molecule has 92 valence electrons. The van der Waals surface area contributed by atoms with Crippen molar-refractivity contribution in [1.29, 1.82) is 5.26 Å². The maximum absolute atomic E-state index is 8.95. The molecule has 0 aliphatic rings. The minimum Gasteiger partial charge on any atom is -0.285 e. The Hall–Kier alpha value is -2.67. The Labute approximate surface area is 111 Å². The van der Waals surface area contributed by atoms with Gasteiger partial charge in [-0.25, -0.2) is 0 Å². The van der Waals surface area contributed by atoms with E-state index in [4.69, 9.17) is 5.26 Å². The number of aryl methyl sites for hydroxylation is 1. The van der Waals surface area contributed by atoms with Gasteiger partial charge < -0.3 is 0 Å². The molecule has 0 aliphatic carbocycles. The molecular weight excluding hydrogens is 236 g/mol. The van der Waals surface area contributed by atoms with Gasteiger partial charge in [0.25, 0.3) is 0 Å². The monoisotopic (exact) mass is 248 g/mol. The van der Waals surface area contributed by atoms with Crippen molar-refractivity contribution in [1.82, 2.24) is 14.6 Å². The molecule has 0 saturated carbocycles. The van der Waals surface area contributed by atoms with Gasteiger partial charge in [-0.1, -0.05) is 29.8 Å². The van der Waals surface area contributed by atoms with Crippen LogP contribution >= 0.6 is 0 Å². The molecule has 0 radical (unpaired) electrons. The molecule has 3 aromatic rings. The Morgan fingerprint density at radius 3 is 2.89 bits per heavy atom. The first kappa shape index (κ1) is 11.4. The van der Waals surface area contributed by atoms with Gasteiger partial charge in [0.2, 0.25) is 0 Å². The molecule has 4 nitrogen and oxygen atoms in total. The summed E-state index contributed by atoms with van der Waals surface area (Å²) in [6.45, 7) is 2.07. The first-order valence-corrected chi connectivity index (χ1v) is 6.05. The number of benzene rings is 1. The van der Waals surface area contributed by atoms with E-state index in [2.05, 4.69) is 41.4 Å². The lowest BCUT2D eigenvalue weighted by Gasteiger charge is -2.02. The summed E-state index contributed by atoms with van der Waals surface area (Å²) in [5.41, 5.74) is 3.79. The second kappa shape index (κ2) is 4.54. The van der Waals surface area contributed by atoms with E-state index in [9.17, 15) is 0 Å². The predicted molar refractivity (Wildman–Crippen MR) is 71.7 cm³/mol. The van der Waals surface area contributed by atoms with Crippen molar-refractivity contribution >= 4 is 5.65 Å². The number of rotatable bonds is 2. The normalized spacial score (nSPS) is 10.5. The number of fused-ring (bicyclic) bond motifs is 1. The van der Waals surface area contributed by atoms with Gasteiger partial charge in [0, 0.05) is 12.6 Å². The van der Waals surface area contributed by atoms with Crippen molar-refractivity contribution in [3.63, 3.8) is 0 Å². The van der Waals surface area contributed by atoms with Crippen LogP contribution in [0.1, 0.15) is 22.5 Å². The number of nitrogens with zero attached hydrogens (tertiary/aromatic N) is 4. The zero-order valence-corrected chi connectivity index (χ0v) is 10.5. The van der Waals surface area contributed by atoms with Gasteiger partial charge in [0.15, 0.2) is 5.65 Å². The van der Waals surface area contributed by atoms with Crippen LogP contribution in [0.3, 0.4) is 0 Å². The van der Waals surface area contributed by atoms with E-state index in [1.165, 1.54) is 11.1 Å². The highest BCUT2D eigenvalue weighted by atomic mass is 15.2. The average Bonchev–Trinajstić information content (AvgIpc) is 2.81. The van der Waals surface area contributed by atoms with Crippen LogP contribution in [0.4, 0.5) is 0 Å². The lowest BCUT2D eigenvalue weighted by atomic mass is 10.1. The summed E-state index contributed by atoms with van der Waals surface area (Å²) in [5, 5.41) is 17.3. The van der Waals surface area contributed by atoms with E-state index in [0.29, 0.717) is 12.0 Å². The minimum atomic E-state index is 0.609. The van der Waals surface area contributed by atoms with E-state index in [-0.39, 0.29) is 0 Å². The number of pyridine rings is 1. The minimum absolute atomic E-state index is 0.609. The highest BCUT2D eigenvalue weighted by Crippen LogP contribution is 2.12. The lowest BCUT2D eigenvalue weighted by Crippen LogP contribution is -1.97. The zero-order chi connectivity index (χ0) is 13.2. The summed E-state index contributed by atoms with van der Waals surface area (Å²) in [7, 11) is 0. The summed E-state index contributed by atoms with van der Waals surface area (Å²) in [6, 6.07) is 14.0. The summed E-state index contributed by atoms with van der Waals surface area (Å²) in [4.78, 5) is 0. The third-order valence-corrected chi connectivity index (χ3v) is 3.05. The maximum atomic E-state index is 8.95. The van der Waals surface area contributed by atoms with Crippen molar-refractivity contribution in [2.75, 3.05) is 0 Å². The molecule has 3 rings (SSSR count). The van der Waals surface area contributed by atoms with E-state index in [1.807, 2.05) is 16.5 Å². The molecule has 0 saturated heterocycles. The van der Waals surface area contributed by atoms with E-state index < -0.39 is 0 Å². The Morgan fingerprint density at radius 1 is 1.21 bits per heavy atom. The van der Waals surface area contributed by atoms with Crippen LogP contribution in [0.2, 0.25) is 0 Å². The number of hydrogen-bond acceptors (Lipinski definition) is 3. The van der Waals surface area contributed by atoms with Crippen molar-refractivity contribution < 1.29 is 0 Å². The molecule has 0 N–H and O–H groups in total. The highest BCUT2D eigenvalue weighted by Gasteiger charge is 2.07. The highest BCUT2D eigenvalue weighted by molar-refractivity contribution is 5.43. The van der Waals surface area contributed by atoms with Gasteiger partial charge in [-0.3, -0.25) is 4.40 Å². The smallest absolute Gasteiger partial charge is 0.160 e. The molecule has 19 heavy (non-hydrogen) atoms. The Morgan fingerprint density at radius 2 is 2.11 bits per heavy atom. The van der Waals surface area contributed by atoms with Crippen molar-refractivity contribution in [3.05, 3.63) is 65.1 Å². The van der Waals surface area contributed by atoms with Gasteiger partial charge in [-0.05, 0) is 24.6 Å². The van der Waals surface area contributed by atoms with Crippen LogP contribution in [-0.2, 0) is 6.42 Å². The first-order chi connectivity index (χ1) is 9.26. The van der Waals surface area contributed by atoms with Crippen molar-refractivity contribution in [2.45, 2.75) is 13.3 Å². The molecule has 0 aliphatic heterocycles. The summed E-state index contributed by atoms with van der Waals surface area (Å²) in [6.07, 6.45) is 2.48. The fourth-order valence-electron chi connectivity index (χ4n) is 2.13. The van der Waals surface area contributed by atoms with Crippen molar-refractivity contribution in [3.8, 4) is 6.07 Å². The van der Waals surface area contributed by atoms with Gasteiger partial charge in [0.1, 0.15) is 11.9 Å². The topological polar surface area (TPSA) is 54.0 Å². The van der Waals surface area contributed by atoms with Crippen LogP contribution in [-0.4, -0.2) is 14.6 Å². The fourth-order valence-corrected chi connectivity index (χ4v) is 2.13. The maximum Gasteiger partial charge on any atom is 0.160 e. The Kier molecular flexibility index (Phi) is 2.73. The van der Waals surface area contributed by atoms with E-state index in [0.717, 1.165) is 11.5 Å². The Bertz CT molecular complexity index is 780. The largest absolute Gasteiger partial charge is 0.285 e. The summed E-state index contributed by atoms with van der Waals surface area (Å²) < 4.78 is 1.88. The SMILES string of the molecule is Cc1cccc(Cc2nnc3ccc(C#N)cn23)c1. The lowest BCUT2D eigenvalue weighted by molar-refractivity contribution is 0.932. The van der Waals surface area contributed by atoms with Gasteiger partial charge in [-0.15, -0.1) is 10.2 Å². The number of nitriles is 1. The molecule has 0 atom stereocenters. The molecule has 0 bridgehead atoms.